The van der Waals surface area contributed by atoms with Gasteiger partial charge in [-0.2, -0.15) is 0 Å². The van der Waals surface area contributed by atoms with Crippen LogP contribution in [0.5, 0.6) is 0 Å². The number of piperidine rings is 1. The van der Waals surface area contributed by atoms with E-state index >= 15 is 0 Å². The highest BCUT2D eigenvalue weighted by atomic mass is 35.5. The molecule has 2 aromatic carbocycles. The second-order valence-corrected chi connectivity index (χ2v) is 9.56. The molecule has 36 heavy (non-hydrogen) atoms. The zero-order valence-corrected chi connectivity index (χ0v) is 21.6. The lowest BCUT2D eigenvalue weighted by Gasteiger charge is -2.33. The monoisotopic (exact) mass is 518 g/mol. The zero-order chi connectivity index (χ0) is 25.4. The van der Waals surface area contributed by atoms with Gasteiger partial charge in [0.1, 0.15) is 11.9 Å². The minimum atomic E-state index is -0.669. The number of benzene rings is 2. The first-order valence-corrected chi connectivity index (χ1v) is 12.2. The second-order valence-electron chi connectivity index (χ2n) is 9.56. The molecular weight excluding hydrogens is 483 g/mol. The maximum absolute atomic E-state index is 13.1. The Morgan fingerprint density at radius 1 is 1.00 bits per heavy atom. The van der Waals surface area contributed by atoms with Gasteiger partial charge in [0.05, 0.1) is 0 Å². The summed E-state index contributed by atoms with van der Waals surface area (Å²) in [5.41, 5.74) is 5.91. The number of likely N-dealkylation sites (tertiary alicyclic amines) is 1. The number of rotatable bonds is 9. The highest BCUT2D eigenvalue weighted by molar-refractivity contribution is 5.89. The lowest BCUT2D eigenvalue weighted by Crippen LogP contribution is -3.00. The van der Waals surface area contributed by atoms with Crippen LogP contribution in [0.3, 0.4) is 0 Å². The summed E-state index contributed by atoms with van der Waals surface area (Å²) in [4.78, 5) is 40.3. The molecule has 2 aromatic rings. The SMILES string of the molecule is CC(C)[C@H](NC(=O)C1CCN(C(=O)[C@@H]([NH3+])Cc2ccccc2)CC1)C(=O)NCc1ccc(F)cc1.[Cl-]. The minimum Gasteiger partial charge on any atom is -1.00 e. The Morgan fingerprint density at radius 2 is 1.61 bits per heavy atom. The van der Waals surface area contributed by atoms with Crippen molar-refractivity contribution < 1.29 is 36.9 Å². The van der Waals surface area contributed by atoms with Crippen LogP contribution in [0.2, 0.25) is 0 Å². The topological polar surface area (TPSA) is 106 Å². The van der Waals surface area contributed by atoms with Crippen LogP contribution in [0.1, 0.15) is 37.8 Å². The lowest BCUT2D eigenvalue weighted by molar-refractivity contribution is -0.405. The molecule has 1 aliphatic heterocycles. The maximum Gasteiger partial charge on any atom is 0.281 e. The quantitative estimate of drug-likeness (QED) is 0.383. The summed E-state index contributed by atoms with van der Waals surface area (Å²) >= 11 is 0. The molecule has 3 amide bonds. The first-order valence-electron chi connectivity index (χ1n) is 12.2. The van der Waals surface area contributed by atoms with Crippen molar-refractivity contribution in [2.45, 2.75) is 51.7 Å². The van der Waals surface area contributed by atoms with Crippen molar-refractivity contribution >= 4 is 17.7 Å². The van der Waals surface area contributed by atoms with E-state index in [4.69, 9.17) is 0 Å². The third-order valence-corrected chi connectivity index (χ3v) is 6.48. The predicted octanol–water partition coefficient (Wildman–Crippen LogP) is -1.32. The number of hydrogen-bond acceptors (Lipinski definition) is 3. The predicted molar refractivity (Wildman–Crippen MR) is 131 cm³/mol. The largest absolute Gasteiger partial charge is 1.00 e. The van der Waals surface area contributed by atoms with Crippen LogP contribution >= 0.6 is 0 Å². The van der Waals surface area contributed by atoms with Crippen molar-refractivity contribution in [2.75, 3.05) is 13.1 Å². The van der Waals surface area contributed by atoms with Crippen LogP contribution in [0.15, 0.2) is 54.6 Å². The van der Waals surface area contributed by atoms with Gasteiger partial charge in [-0.25, -0.2) is 4.39 Å². The summed E-state index contributed by atoms with van der Waals surface area (Å²) in [6.45, 7) is 5.02. The van der Waals surface area contributed by atoms with E-state index in [0.717, 1.165) is 11.1 Å². The fourth-order valence-corrected chi connectivity index (χ4v) is 4.31. The molecule has 0 aliphatic carbocycles. The van der Waals surface area contributed by atoms with Gasteiger partial charge in [0.25, 0.3) is 5.91 Å². The molecule has 1 aliphatic rings. The van der Waals surface area contributed by atoms with Gasteiger partial charge >= 0.3 is 0 Å². The number of carbonyl (C=O) groups is 3. The standard InChI is InChI=1S/C27H35FN4O3.ClH/c1-18(2)24(26(34)30-17-20-8-10-22(28)11-9-20)31-25(33)21-12-14-32(15-13-21)27(35)23(29)16-19-6-4-3-5-7-19;/h3-11,18,21,23-24H,12-17,29H2,1-2H3,(H,30,34)(H,31,33);1H/t23-,24-;/m0./s1. The summed E-state index contributed by atoms with van der Waals surface area (Å²) < 4.78 is 13.1. The van der Waals surface area contributed by atoms with Crippen LogP contribution in [0.4, 0.5) is 4.39 Å². The van der Waals surface area contributed by atoms with Crippen LogP contribution in [0, 0.1) is 17.7 Å². The van der Waals surface area contributed by atoms with Crippen molar-refractivity contribution in [3.8, 4) is 0 Å². The zero-order valence-electron chi connectivity index (χ0n) is 20.9. The minimum absolute atomic E-state index is 0. The molecule has 0 bridgehead atoms. The smallest absolute Gasteiger partial charge is 0.281 e. The Bertz CT molecular complexity index is 996. The Balaban J connectivity index is 0.00000456. The van der Waals surface area contributed by atoms with E-state index in [1.165, 1.54) is 12.1 Å². The van der Waals surface area contributed by atoms with E-state index in [2.05, 4.69) is 16.4 Å². The van der Waals surface area contributed by atoms with Gasteiger partial charge in [0.15, 0.2) is 6.04 Å². The third-order valence-electron chi connectivity index (χ3n) is 6.48. The highest BCUT2D eigenvalue weighted by Gasteiger charge is 2.33. The van der Waals surface area contributed by atoms with Crippen LogP contribution in [0.25, 0.3) is 0 Å². The number of carbonyl (C=O) groups excluding carboxylic acids is 3. The van der Waals surface area contributed by atoms with E-state index in [-0.39, 0.29) is 60.4 Å². The van der Waals surface area contributed by atoms with Crippen molar-refractivity contribution in [3.05, 3.63) is 71.5 Å². The first kappa shape index (κ1) is 29.3. The van der Waals surface area contributed by atoms with Gasteiger partial charge in [-0.05, 0) is 42.0 Å². The molecule has 1 fully saturated rings. The average molecular weight is 519 g/mol. The number of halogens is 2. The normalized spacial score (nSPS) is 15.5. The molecule has 0 unspecified atom stereocenters. The van der Waals surface area contributed by atoms with E-state index in [1.54, 1.807) is 17.0 Å². The van der Waals surface area contributed by atoms with Gasteiger partial charge in [-0.1, -0.05) is 56.3 Å². The van der Waals surface area contributed by atoms with Crippen LogP contribution in [-0.2, 0) is 27.3 Å². The molecule has 7 nitrogen and oxygen atoms in total. The Hall–Kier alpha value is -2.97. The summed E-state index contributed by atoms with van der Waals surface area (Å²) in [7, 11) is 0. The average Bonchev–Trinajstić information content (AvgIpc) is 2.86. The van der Waals surface area contributed by atoms with Crippen molar-refractivity contribution in [1.29, 1.82) is 0 Å². The first-order chi connectivity index (χ1) is 16.7. The van der Waals surface area contributed by atoms with Crippen molar-refractivity contribution in [3.63, 3.8) is 0 Å². The van der Waals surface area contributed by atoms with Gasteiger partial charge in [0.2, 0.25) is 11.8 Å². The molecule has 0 saturated carbocycles. The van der Waals surface area contributed by atoms with Gasteiger partial charge < -0.3 is 33.7 Å². The molecule has 1 saturated heterocycles. The molecule has 3 rings (SSSR count). The number of nitrogens with one attached hydrogen (secondary N) is 2. The fourth-order valence-electron chi connectivity index (χ4n) is 4.31. The second kappa shape index (κ2) is 13.9. The molecule has 0 radical (unpaired) electrons. The van der Waals surface area contributed by atoms with Gasteiger partial charge in [0, 0.05) is 32.0 Å². The molecule has 2 atom stereocenters. The summed E-state index contributed by atoms with van der Waals surface area (Å²) in [6.07, 6.45) is 1.69. The molecule has 196 valence electrons. The maximum atomic E-state index is 13.1. The highest BCUT2D eigenvalue weighted by Crippen LogP contribution is 2.19. The Kier molecular flexibility index (Phi) is 11.3. The molecular formula is C27H36ClFN4O3. The van der Waals surface area contributed by atoms with E-state index in [1.807, 2.05) is 44.2 Å². The fraction of sp³-hybridized carbons (Fsp3) is 0.444. The Morgan fingerprint density at radius 3 is 2.19 bits per heavy atom. The third kappa shape index (κ3) is 8.31. The van der Waals surface area contributed by atoms with Gasteiger partial charge in [-0.15, -0.1) is 0 Å². The number of nitrogens with zero attached hydrogens (tertiary/aromatic N) is 1. The van der Waals surface area contributed by atoms with Crippen molar-refractivity contribution in [1.82, 2.24) is 15.5 Å². The van der Waals surface area contributed by atoms with E-state index in [0.29, 0.717) is 32.4 Å². The number of hydrogen-bond donors (Lipinski definition) is 3. The summed E-state index contributed by atoms with van der Waals surface area (Å²) in [6, 6.07) is 14.7. The molecule has 9 heteroatoms. The van der Waals surface area contributed by atoms with Crippen molar-refractivity contribution in [2.24, 2.45) is 11.8 Å². The Labute approximate surface area is 218 Å². The number of quaternary nitrogens is 1. The van der Waals surface area contributed by atoms with Gasteiger partial charge in [-0.3, -0.25) is 14.4 Å². The summed E-state index contributed by atoms with van der Waals surface area (Å²) in [5.74, 6) is -1.11. The number of amides is 3. The summed E-state index contributed by atoms with van der Waals surface area (Å²) in [5, 5.41) is 5.73. The molecule has 0 spiro atoms. The molecule has 1 heterocycles. The van der Waals surface area contributed by atoms with E-state index < -0.39 is 6.04 Å². The molecule has 5 N–H and O–H groups in total. The molecule has 0 aromatic heterocycles. The van der Waals surface area contributed by atoms with E-state index in [9.17, 15) is 18.8 Å². The lowest BCUT2D eigenvalue weighted by atomic mass is 9.93. The van der Waals surface area contributed by atoms with Crippen LogP contribution in [-0.4, -0.2) is 47.8 Å². The van der Waals surface area contributed by atoms with Crippen LogP contribution < -0.4 is 28.8 Å².